The second-order valence-corrected chi connectivity index (χ2v) is 5.42. The summed E-state index contributed by atoms with van der Waals surface area (Å²) in [4.78, 5) is 28.2. The fraction of sp³-hybridized carbons (Fsp3) is 0.182. The number of anilines is 1. The molecule has 0 unspecified atom stereocenters. The number of amides is 3. The summed E-state index contributed by atoms with van der Waals surface area (Å²) in [6.07, 6.45) is 0. The normalized spacial score (nSPS) is 17.1. The monoisotopic (exact) mass is 317 g/mol. The number of urea groups is 1. The first-order chi connectivity index (χ1) is 8.99. The Hall–Kier alpha value is -1.24. The third kappa shape index (κ3) is 3.20. The van der Waals surface area contributed by atoms with Crippen LogP contribution in [0.2, 0.25) is 10.0 Å². The Labute approximate surface area is 124 Å². The van der Waals surface area contributed by atoms with Gasteiger partial charge in [-0.25, -0.2) is 4.79 Å². The van der Waals surface area contributed by atoms with Crippen LogP contribution in [-0.4, -0.2) is 34.8 Å². The van der Waals surface area contributed by atoms with Crippen LogP contribution in [0.15, 0.2) is 23.2 Å². The van der Waals surface area contributed by atoms with E-state index in [0.29, 0.717) is 20.9 Å². The molecule has 3 amide bonds. The Morgan fingerprint density at radius 2 is 2.05 bits per heavy atom. The SMILES string of the molecule is CN1C(=O)CSC1=NC(=O)Nc1c(Cl)cccc1Cl. The number of amidine groups is 1. The van der Waals surface area contributed by atoms with E-state index >= 15 is 0 Å². The van der Waals surface area contributed by atoms with Crippen LogP contribution in [0.25, 0.3) is 0 Å². The molecule has 0 radical (unpaired) electrons. The summed E-state index contributed by atoms with van der Waals surface area (Å²) in [5.41, 5.74) is 0.303. The molecule has 0 bridgehead atoms. The number of aliphatic imine (C=N–C) groups is 1. The Morgan fingerprint density at radius 1 is 1.42 bits per heavy atom. The molecule has 5 nitrogen and oxygen atoms in total. The van der Waals surface area contributed by atoms with E-state index in [-0.39, 0.29) is 11.7 Å². The summed E-state index contributed by atoms with van der Waals surface area (Å²) in [6.45, 7) is 0. The third-order valence-electron chi connectivity index (χ3n) is 2.38. The first-order valence-corrected chi connectivity index (χ1v) is 6.96. The van der Waals surface area contributed by atoms with Gasteiger partial charge in [0.2, 0.25) is 5.91 Å². The summed E-state index contributed by atoms with van der Waals surface area (Å²) >= 11 is 13.1. The Kier molecular flexibility index (Phi) is 4.34. The molecule has 0 saturated carbocycles. The number of carbonyl (C=O) groups is 2. The van der Waals surface area contributed by atoms with Gasteiger partial charge in [-0.2, -0.15) is 4.99 Å². The van der Waals surface area contributed by atoms with Gasteiger partial charge in [0, 0.05) is 7.05 Å². The molecule has 1 saturated heterocycles. The van der Waals surface area contributed by atoms with E-state index in [1.807, 2.05) is 0 Å². The van der Waals surface area contributed by atoms with Crippen molar-refractivity contribution in [2.45, 2.75) is 0 Å². The molecule has 1 aromatic carbocycles. The minimum atomic E-state index is -0.626. The largest absolute Gasteiger partial charge is 0.347 e. The molecule has 2 rings (SSSR count). The molecule has 1 aromatic rings. The topological polar surface area (TPSA) is 61.8 Å². The summed E-state index contributed by atoms with van der Waals surface area (Å²) in [7, 11) is 1.57. The number of para-hydroxylation sites is 1. The average Bonchev–Trinajstić information content (AvgIpc) is 2.66. The summed E-state index contributed by atoms with van der Waals surface area (Å²) in [6, 6.07) is 4.26. The van der Waals surface area contributed by atoms with Crippen LogP contribution in [0.1, 0.15) is 0 Å². The molecule has 0 spiro atoms. The predicted molar refractivity (Wildman–Crippen MR) is 78.1 cm³/mol. The van der Waals surface area contributed by atoms with Crippen molar-refractivity contribution in [3.63, 3.8) is 0 Å². The maximum atomic E-state index is 11.8. The van der Waals surface area contributed by atoms with Crippen molar-refractivity contribution in [1.29, 1.82) is 0 Å². The Morgan fingerprint density at radius 3 is 2.58 bits per heavy atom. The van der Waals surface area contributed by atoms with Crippen LogP contribution < -0.4 is 5.32 Å². The quantitative estimate of drug-likeness (QED) is 0.865. The highest BCUT2D eigenvalue weighted by molar-refractivity contribution is 8.15. The second-order valence-electron chi connectivity index (χ2n) is 3.66. The van der Waals surface area contributed by atoms with Crippen LogP contribution in [-0.2, 0) is 4.79 Å². The van der Waals surface area contributed by atoms with Gasteiger partial charge < -0.3 is 5.32 Å². The van der Waals surface area contributed by atoms with Crippen molar-refractivity contribution in [3.05, 3.63) is 28.2 Å². The highest BCUT2D eigenvalue weighted by atomic mass is 35.5. The van der Waals surface area contributed by atoms with E-state index in [1.165, 1.54) is 16.7 Å². The van der Waals surface area contributed by atoms with Crippen LogP contribution in [0.5, 0.6) is 0 Å². The molecule has 1 fully saturated rings. The van der Waals surface area contributed by atoms with Gasteiger partial charge >= 0.3 is 6.03 Å². The lowest BCUT2D eigenvalue weighted by Crippen LogP contribution is -2.25. The summed E-state index contributed by atoms with van der Waals surface area (Å²) in [5.74, 6) is 0.197. The molecule has 100 valence electrons. The van der Waals surface area contributed by atoms with E-state index < -0.39 is 6.03 Å². The lowest BCUT2D eigenvalue weighted by molar-refractivity contribution is -0.123. The molecule has 1 aliphatic heterocycles. The zero-order valence-electron chi connectivity index (χ0n) is 9.81. The number of carbonyl (C=O) groups excluding carboxylic acids is 2. The van der Waals surface area contributed by atoms with Gasteiger partial charge in [0.05, 0.1) is 21.5 Å². The highest BCUT2D eigenvalue weighted by Crippen LogP contribution is 2.30. The zero-order valence-corrected chi connectivity index (χ0v) is 12.1. The Balaban J connectivity index is 2.14. The molecule has 8 heteroatoms. The van der Waals surface area contributed by atoms with Gasteiger partial charge in [-0.05, 0) is 12.1 Å². The van der Waals surface area contributed by atoms with Gasteiger partial charge in [0.1, 0.15) is 0 Å². The van der Waals surface area contributed by atoms with E-state index in [1.54, 1.807) is 25.2 Å². The highest BCUT2D eigenvalue weighted by Gasteiger charge is 2.25. The van der Waals surface area contributed by atoms with E-state index in [9.17, 15) is 9.59 Å². The van der Waals surface area contributed by atoms with Crippen molar-refractivity contribution in [3.8, 4) is 0 Å². The van der Waals surface area contributed by atoms with E-state index in [4.69, 9.17) is 23.2 Å². The number of halogens is 2. The van der Waals surface area contributed by atoms with Gasteiger partial charge in [0.15, 0.2) is 5.17 Å². The van der Waals surface area contributed by atoms with Gasteiger partial charge in [-0.3, -0.25) is 9.69 Å². The fourth-order valence-electron chi connectivity index (χ4n) is 1.37. The van der Waals surface area contributed by atoms with Crippen molar-refractivity contribution in [2.24, 2.45) is 4.99 Å². The number of hydrogen-bond acceptors (Lipinski definition) is 3. The smallest absolute Gasteiger partial charge is 0.303 e. The Bertz CT molecular complexity index is 557. The maximum Gasteiger partial charge on any atom is 0.347 e. The van der Waals surface area contributed by atoms with Crippen molar-refractivity contribution in [2.75, 3.05) is 18.1 Å². The first-order valence-electron chi connectivity index (χ1n) is 5.22. The second kappa shape index (κ2) is 5.81. The van der Waals surface area contributed by atoms with Crippen molar-refractivity contribution < 1.29 is 9.59 Å². The predicted octanol–water partition coefficient (Wildman–Crippen LogP) is 3.09. The molecule has 1 heterocycles. The van der Waals surface area contributed by atoms with Crippen LogP contribution in [0.4, 0.5) is 10.5 Å². The van der Waals surface area contributed by atoms with Gasteiger partial charge in [0.25, 0.3) is 0 Å². The lowest BCUT2D eigenvalue weighted by atomic mass is 10.3. The first kappa shape index (κ1) is 14.2. The zero-order chi connectivity index (χ0) is 14.0. The van der Waals surface area contributed by atoms with Crippen LogP contribution in [0.3, 0.4) is 0 Å². The third-order valence-corrected chi connectivity index (χ3v) is 4.02. The molecular weight excluding hydrogens is 309 g/mol. The van der Waals surface area contributed by atoms with Gasteiger partial charge in [-0.1, -0.05) is 41.0 Å². The maximum absolute atomic E-state index is 11.8. The summed E-state index contributed by atoms with van der Waals surface area (Å²) < 4.78 is 0. The fourth-order valence-corrected chi connectivity index (χ4v) is 2.75. The van der Waals surface area contributed by atoms with Gasteiger partial charge in [-0.15, -0.1) is 0 Å². The van der Waals surface area contributed by atoms with Crippen LogP contribution >= 0.6 is 35.0 Å². The number of nitrogens with zero attached hydrogens (tertiary/aromatic N) is 2. The molecular formula is C11H9Cl2N3O2S. The average molecular weight is 318 g/mol. The number of thioether (sulfide) groups is 1. The minimum absolute atomic E-state index is 0.0904. The minimum Gasteiger partial charge on any atom is -0.303 e. The van der Waals surface area contributed by atoms with E-state index in [2.05, 4.69) is 10.3 Å². The van der Waals surface area contributed by atoms with E-state index in [0.717, 1.165) is 0 Å². The molecule has 0 aromatic heterocycles. The van der Waals surface area contributed by atoms with Crippen LogP contribution in [0, 0.1) is 0 Å². The molecule has 1 aliphatic rings. The molecule has 1 N–H and O–H groups in total. The molecule has 0 aliphatic carbocycles. The lowest BCUT2D eigenvalue weighted by Gasteiger charge is -2.09. The number of rotatable bonds is 1. The summed E-state index contributed by atoms with van der Waals surface area (Å²) in [5, 5.41) is 3.50. The van der Waals surface area contributed by atoms with Crippen molar-refractivity contribution >= 4 is 57.8 Å². The number of hydrogen-bond donors (Lipinski definition) is 1. The number of nitrogens with one attached hydrogen (secondary N) is 1. The standard InChI is InChI=1S/C11H9Cl2N3O2S/c1-16-8(17)5-19-11(16)15-10(18)14-9-6(12)3-2-4-7(9)13/h2-4H,5H2,1H3,(H,14,18). The number of benzene rings is 1. The van der Waals surface area contributed by atoms with Crippen molar-refractivity contribution in [1.82, 2.24) is 4.90 Å². The molecule has 19 heavy (non-hydrogen) atoms. The molecule has 0 atom stereocenters.